The molecule has 1 aliphatic rings. The van der Waals surface area contributed by atoms with Gasteiger partial charge in [0.25, 0.3) is 0 Å². The smallest absolute Gasteiger partial charge is 0.412 e. The van der Waals surface area contributed by atoms with E-state index in [-0.39, 0.29) is 6.10 Å². The van der Waals surface area contributed by atoms with Crippen molar-refractivity contribution in [2.75, 3.05) is 5.32 Å². The maximum absolute atomic E-state index is 12.6. The average Bonchev–Trinajstić information content (AvgIpc) is 3.52. The van der Waals surface area contributed by atoms with Crippen LogP contribution in [0.4, 0.5) is 10.5 Å². The van der Waals surface area contributed by atoms with Crippen molar-refractivity contribution in [3.63, 3.8) is 0 Å². The van der Waals surface area contributed by atoms with Crippen LogP contribution in [0.5, 0.6) is 0 Å². The van der Waals surface area contributed by atoms with Crippen LogP contribution in [0.3, 0.4) is 0 Å². The van der Waals surface area contributed by atoms with Gasteiger partial charge in [-0.2, -0.15) is 0 Å². The first-order chi connectivity index (χ1) is 16.4. The molecule has 1 aromatic heterocycles. The van der Waals surface area contributed by atoms with E-state index in [0.717, 1.165) is 16.7 Å². The highest BCUT2D eigenvalue weighted by Gasteiger charge is 2.38. The van der Waals surface area contributed by atoms with Gasteiger partial charge < -0.3 is 9.26 Å². The van der Waals surface area contributed by atoms with E-state index >= 15 is 0 Å². The zero-order valence-corrected chi connectivity index (χ0v) is 19.7. The van der Waals surface area contributed by atoms with E-state index in [1.54, 1.807) is 6.92 Å². The standard InChI is InChI=1S/C29H28N2O3/c1-19-26(30-28(32)33-20(2)21-7-5-4-6-8-21)27(34-31-19)24-11-9-22(10-12-24)23-13-15-25(16-14-23)29(3)17-18-29/h4-16,20H,17-18H2,1-3H3,(H,30,32)/t20-/m1/s1. The fourth-order valence-corrected chi connectivity index (χ4v) is 4.15. The van der Waals surface area contributed by atoms with Gasteiger partial charge in [-0.25, -0.2) is 4.79 Å². The number of carbonyl (C=O) groups excluding carboxylic acids is 1. The first-order valence-electron chi connectivity index (χ1n) is 11.6. The third-order valence-corrected chi connectivity index (χ3v) is 6.70. The van der Waals surface area contributed by atoms with Crippen molar-refractivity contribution < 1.29 is 14.1 Å². The van der Waals surface area contributed by atoms with Gasteiger partial charge in [0.15, 0.2) is 5.76 Å². The summed E-state index contributed by atoms with van der Waals surface area (Å²) in [6.07, 6.45) is 1.61. The number of nitrogens with one attached hydrogen (secondary N) is 1. The van der Waals surface area contributed by atoms with E-state index < -0.39 is 6.09 Å². The minimum atomic E-state index is -0.551. The third kappa shape index (κ3) is 4.46. The molecule has 1 fully saturated rings. The molecule has 0 spiro atoms. The maximum Gasteiger partial charge on any atom is 0.412 e. The molecule has 0 unspecified atom stereocenters. The van der Waals surface area contributed by atoms with Crippen molar-refractivity contribution in [1.82, 2.24) is 5.16 Å². The Morgan fingerprint density at radius 2 is 1.53 bits per heavy atom. The Labute approximate surface area is 199 Å². The number of amides is 1. The summed E-state index contributed by atoms with van der Waals surface area (Å²) in [5.41, 5.74) is 6.94. The van der Waals surface area contributed by atoms with Crippen molar-refractivity contribution >= 4 is 11.8 Å². The minimum Gasteiger partial charge on any atom is -0.441 e. The molecule has 1 heterocycles. The SMILES string of the molecule is Cc1noc(-c2ccc(-c3ccc(C4(C)CC4)cc3)cc2)c1NC(=O)O[C@H](C)c1ccccc1. The van der Waals surface area contributed by atoms with Crippen molar-refractivity contribution in [1.29, 1.82) is 0 Å². The number of ether oxygens (including phenoxy) is 1. The second-order valence-corrected chi connectivity index (χ2v) is 9.27. The number of anilines is 1. The number of nitrogens with zero attached hydrogens (tertiary/aromatic N) is 1. The lowest BCUT2D eigenvalue weighted by molar-refractivity contribution is 0.121. The van der Waals surface area contributed by atoms with Crippen LogP contribution in [0.25, 0.3) is 22.5 Å². The van der Waals surface area contributed by atoms with Crippen LogP contribution in [0, 0.1) is 6.92 Å². The monoisotopic (exact) mass is 452 g/mol. The van der Waals surface area contributed by atoms with Gasteiger partial charge in [0.2, 0.25) is 0 Å². The number of rotatable bonds is 6. The summed E-state index contributed by atoms with van der Waals surface area (Å²) >= 11 is 0. The molecule has 1 aliphatic carbocycles. The number of aryl methyl sites for hydroxylation is 1. The summed E-state index contributed by atoms with van der Waals surface area (Å²) in [4.78, 5) is 12.6. The van der Waals surface area contributed by atoms with Crippen LogP contribution in [0.15, 0.2) is 83.4 Å². The second kappa shape index (κ2) is 8.82. The van der Waals surface area contributed by atoms with Crippen LogP contribution in [0.1, 0.15) is 49.6 Å². The van der Waals surface area contributed by atoms with Crippen LogP contribution < -0.4 is 5.32 Å². The Hall–Kier alpha value is -3.86. The molecule has 0 radical (unpaired) electrons. The first-order valence-corrected chi connectivity index (χ1v) is 11.6. The number of hydrogen-bond donors (Lipinski definition) is 1. The summed E-state index contributed by atoms with van der Waals surface area (Å²) < 4.78 is 11.1. The van der Waals surface area contributed by atoms with Crippen LogP contribution in [-0.2, 0) is 10.2 Å². The van der Waals surface area contributed by atoms with E-state index in [2.05, 4.69) is 53.8 Å². The van der Waals surface area contributed by atoms with E-state index in [1.165, 1.54) is 24.0 Å². The molecule has 1 amide bonds. The quantitative estimate of drug-likeness (QED) is 0.326. The van der Waals surface area contributed by atoms with Gasteiger partial charge in [-0.3, -0.25) is 5.32 Å². The molecule has 4 aromatic rings. The van der Waals surface area contributed by atoms with Gasteiger partial charge in [0, 0.05) is 5.56 Å². The topological polar surface area (TPSA) is 64.4 Å². The number of aromatic nitrogens is 1. The summed E-state index contributed by atoms with van der Waals surface area (Å²) in [6, 6.07) is 26.5. The van der Waals surface area contributed by atoms with Gasteiger partial charge in [-0.05, 0) is 54.4 Å². The van der Waals surface area contributed by atoms with E-state index in [9.17, 15) is 4.79 Å². The fourth-order valence-electron chi connectivity index (χ4n) is 4.15. The Kier molecular flexibility index (Phi) is 5.70. The van der Waals surface area contributed by atoms with Crippen LogP contribution in [0.2, 0.25) is 0 Å². The Morgan fingerprint density at radius 3 is 2.15 bits per heavy atom. The average molecular weight is 453 g/mol. The second-order valence-electron chi connectivity index (χ2n) is 9.27. The van der Waals surface area contributed by atoms with Gasteiger partial charge in [-0.1, -0.05) is 90.9 Å². The molecule has 1 atom stereocenters. The highest BCUT2D eigenvalue weighted by Crippen LogP contribution is 2.47. The molecule has 5 heteroatoms. The lowest BCUT2D eigenvalue weighted by atomic mass is 9.95. The van der Waals surface area contributed by atoms with Gasteiger partial charge >= 0.3 is 6.09 Å². The highest BCUT2D eigenvalue weighted by molar-refractivity contribution is 5.91. The molecule has 172 valence electrons. The number of carbonyl (C=O) groups is 1. The molecule has 1 saturated carbocycles. The van der Waals surface area contributed by atoms with Crippen molar-refractivity contribution in [2.45, 2.75) is 45.1 Å². The summed E-state index contributed by atoms with van der Waals surface area (Å²) in [5, 5.41) is 6.87. The molecular formula is C29H28N2O3. The van der Waals surface area contributed by atoms with E-state index in [1.807, 2.05) is 49.4 Å². The largest absolute Gasteiger partial charge is 0.441 e. The predicted octanol–water partition coefficient (Wildman–Crippen LogP) is 7.68. The normalized spacial score (nSPS) is 14.9. The van der Waals surface area contributed by atoms with E-state index in [0.29, 0.717) is 22.6 Å². The summed E-state index contributed by atoms with van der Waals surface area (Å²) in [7, 11) is 0. The number of benzene rings is 3. The third-order valence-electron chi connectivity index (χ3n) is 6.70. The Balaban J connectivity index is 1.30. The molecule has 0 aliphatic heterocycles. The van der Waals surface area contributed by atoms with Gasteiger partial charge in [0.05, 0.1) is 0 Å². The molecule has 3 aromatic carbocycles. The molecule has 1 N–H and O–H groups in total. The molecule has 5 rings (SSSR count). The molecular weight excluding hydrogens is 424 g/mol. The first kappa shape index (κ1) is 22.0. The van der Waals surface area contributed by atoms with Crippen molar-refractivity contribution in [3.05, 3.63) is 95.7 Å². The fraction of sp³-hybridized carbons (Fsp3) is 0.241. The summed E-state index contributed by atoms with van der Waals surface area (Å²) in [5.74, 6) is 0.505. The van der Waals surface area contributed by atoms with Gasteiger partial charge in [0.1, 0.15) is 17.5 Å². The van der Waals surface area contributed by atoms with Crippen molar-refractivity contribution in [2.24, 2.45) is 0 Å². The number of hydrogen-bond acceptors (Lipinski definition) is 4. The predicted molar refractivity (Wildman–Crippen MR) is 134 cm³/mol. The lowest BCUT2D eigenvalue weighted by Crippen LogP contribution is -2.16. The van der Waals surface area contributed by atoms with Crippen molar-refractivity contribution in [3.8, 4) is 22.5 Å². The zero-order chi connectivity index (χ0) is 23.7. The maximum atomic E-state index is 12.6. The minimum absolute atomic E-state index is 0.371. The summed E-state index contributed by atoms with van der Waals surface area (Å²) in [6.45, 7) is 5.95. The van der Waals surface area contributed by atoms with E-state index in [4.69, 9.17) is 9.26 Å². The Bertz CT molecular complexity index is 1290. The van der Waals surface area contributed by atoms with Crippen LogP contribution in [-0.4, -0.2) is 11.2 Å². The molecule has 34 heavy (non-hydrogen) atoms. The molecule has 0 saturated heterocycles. The van der Waals surface area contributed by atoms with Crippen LogP contribution >= 0.6 is 0 Å². The zero-order valence-electron chi connectivity index (χ0n) is 19.7. The Morgan fingerprint density at radius 1 is 0.941 bits per heavy atom. The lowest BCUT2D eigenvalue weighted by Gasteiger charge is -2.14. The highest BCUT2D eigenvalue weighted by atomic mass is 16.6. The van der Waals surface area contributed by atoms with Gasteiger partial charge in [-0.15, -0.1) is 0 Å². The molecule has 0 bridgehead atoms. The molecule has 5 nitrogen and oxygen atoms in total.